The zero-order chi connectivity index (χ0) is 17.6. The molecule has 1 aromatic heterocycles. The number of aryl methyl sites for hydroxylation is 1. The highest BCUT2D eigenvalue weighted by Crippen LogP contribution is 2.24. The van der Waals surface area contributed by atoms with E-state index in [0.717, 1.165) is 29.8 Å². The molecular formula is C20H20FN3O. The van der Waals surface area contributed by atoms with E-state index in [1.54, 1.807) is 16.7 Å². The van der Waals surface area contributed by atoms with Gasteiger partial charge in [-0.25, -0.2) is 9.37 Å². The van der Waals surface area contributed by atoms with E-state index < -0.39 is 0 Å². The molecule has 1 aliphatic heterocycles. The number of aromatic nitrogens is 2. The topological polar surface area (TPSA) is 38.1 Å². The summed E-state index contributed by atoms with van der Waals surface area (Å²) in [5.41, 5.74) is 2.35. The fourth-order valence-electron chi connectivity index (χ4n) is 3.51. The van der Waals surface area contributed by atoms with Crippen LogP contribution in [0.5, 0.6) is 0 Å². The first-order chi connectivity index (χ1) is 12.0. The summed E-state index contributed by atoms with van der Waals surface area (Å²) in [6.07, 6.45) is 1.78. The first kappa shape index (κ1) is 16.0. The maximum absolute atomic E-state index is 13.5. The highest BCUT2D eigenvalue weighted by molar-refractivity contribution is 5.83. The molecule has 0 spiro atoms. The van der Waals surface area contributed by atoms with Crippen molar-refractivity contribution in [3.8, 4) is 11.1 Å². The van der Waals surface area contributed by atoms with E-state index in [-0.39, 0.29) is 11.4 Å². The van der Waals surface area contributed by atoms with Crippen molar-refractivity contribution in [2.75, 3.05) is 14.1 Å². The van der Waals surface area contributed by atoms with E-state index in [4.69, 9.17) is 4.98 Å². The van der Waals surface area contributed by atoms with Gasteiger partial charge in [0.1, 0.15) is 11.6 Å². The van der Waals surface area contributed by atoms with Crippen molar-refractivity contribution in [2.24, 2.45) is 0 Å². The number of hydrogen-bond donors (Lipinski definition) is 0. The molecule has 25 heavy (non-hydrogen) atoms. The third-order valence-electron chi connectivity index (χ3n) is 5.02. The van der Waals surface area contributed by atoms with Crippen LogP contribution in [0.3, 0.4) is 0 Å². The normalized spacial score (nSPS) is 17.0. The Bertz CT molecular complexity index is 1010. The number of fused-ring (bicyclic) bond motifs is 2. The van der Waals surface area contributed by atoms with Gasteiger partial charge >= 0.3 is 0 Å². The molecule has 1 unspecified atom stereocenters. The van der Waals surface area contributed by atoms with E-state index >= 15 is 0 Å². The van der Waals surface area contributed by atoms with Crippen LogP contribution in [0.4, 0.5) is 4.39 Å². The van der Waals surface area contributed by atoms with E-state index in [2.05, 4.69) is 4.90 Å². The Morgan fingerprint density at radius 3 is 2.72 bits per heavy atom. The molecule has 4 rings (SSSR count). The van der Waals surface area contributed by atoms with E-state index in [1.165, 1.54) is 12.1 Å². The Morgan fingerprint density at radius 2 is 1.96 bits per heavy atom. The molecule has 3 aromatic rings. The number of rotatable bonds is 2. The zero-order valence-electron chi connectivity index (χ0n) is 14.4. The molecule has 2 aromatic carbocycles. The molecule has 4 nitrogen and oxygen atoms in total. The van der Waals surface area contributed by atoms with Gasteiger partial charge in [0, 0.05) is 19.0 Å². The lowest BCUT2D eigenvalue weighted by atomic mass is 10.0. The van der Waals surface area contributed by atoms with Crippen LogP contribution < -0.4 is 5.56 Å². The van der Waals surface area contributed by atoms with Crippen LogP contribution in [0.1, 0.15) is 12.2 Å². The highest BCUT2D eigenvalue weighted by atomic mass is 19.1. The van der Waals surface area contributed by atoms with Crippen molar-refractivity contribution in [2.45, 2.75) is 25.4 Å². The van der Waals surface area contributed by atoms with Gasteiger partial charge in [0.2, 0.25) is 0 Å². The van der Waals surface area contributed by atoms with Crippen molar-refractivity contribution in [3.63, 3.8) is 0 Å². The summed E-state index contributed by atoms with van der Waals surface area (Å²) in [5, 5.41) is 0.614. The summed E-state index contributed by atoms with van der Waals surface area (Å²) in [6, 6.07) is 12.4. The Balaban J connectivity index is 1.83. The molecule has 2 heterocycles. The molecular weight excluding hydrogens is 317 g/mol. The second kappa shape index (κ2) is 6.08. The van der Waals surface area contributed by atoms with Crippen LogP contribution in [0.25, 0.3) is 22.0 Å². The maximum atomic E-state index is 13.5. The molecule has 5 heteroatoms. The molecule has 0 aliphatic carbocycles. The lowest BCUT2D eigenvalue weighted by Gasteiger charge is -2.30. The van der Waals surface area contributed by atoms with Crippen molar-refractivity contribution in [1.82, 2.24) is 14.5 Å². The molecule has 0 amide bonds. The predicted molar refractivity (Wildman–Crippen MR) is 97.2 cm³/mol. The summed E-state index contributed by atoms with van der Waals surface area (Å²) in [4.78, 5) is 19.8. The fraction of sp³-hybridized carbons (Fsp3) is 0.300. The van der Waals surface area contributed by atoms with E-state index in [1.807, 2.05) is 32.3 Å². The van der Waals surface area contributed by atoms with Crippen molar-refractivity contribution in [1.29, 1.82) is 0 Å². The summed E-state index contributed by atoms with van der Waals surface area (Å²) in [7, 11) is 4.08. The van der Waals surface area contributed by atoms with Gasteiger partial charge in [0.05, 0.1) is 10.9 Å². The summed E-state index contributed by atoms with van der Waals surface area (Å²) in [5.74, 6) is 0.567. The number of nitrogens with zero attached hydrogens (tertiary/aromatic N) is 3. The minimum Gasteiger partial charge on any atom is -0.305 e. The molecule has 128 valence electrons. The second-order valence-corrected chi connectivity index (χ2v) is 6.84. The minimum absolute atomic E-state index is 0.0114. The highest BCUT2D eigenvalue weighted by Gasteiger charge is 2.23. The Labute approximate surface area is 145 Å². The van der Waals surface area contributed by atoms with Crippen LogP contribution >= 0.6 is 0 Å². The predicted octanol–water partition coefficient (Wildman–Crippen LogP) is 3.08. The molecule has 1 aliphatic rings. The summed E-state index contributed by atoms with van der Waals surface area (Å²) in [6.45, 7) is 0.676. The van der Waals surface area contributed by atoms with Crippen LogP contribution in [-0.4, -0.2) is 34.6 Å². The van der Waals surface area contributed by atoms with Crippen molar-refractivity contribution in [3.05, 3.63) is 64.5 Å². The van der Waals surface area contributed by atoms with Gasteiger partial charge in [-0.15, -0.1) is 0 Å². The van der Waals surface area contributed by atoms with E-state index in [9.17, 15) is 9.18 Å². The van der Waals surface area contributed by atoms with Crippen LogP contribution in [0, 0.1) is 5.82 Å². The molecule has 0 saturated heterocycles. The SMILES string of the molecule is CN(C)C1CCc2nc3cc(-c4cccc(F)c4)ccc3c(=O)n2C1. The first-order valence-corrected chi connectivity index (χ1v) is 8.49. The van der Waals surface area contributed by atoms with Crippen LogP contribution in [0.2, 0.25) is 0 Å². The average Bonchev–Trinajstić information content (AvgIpc) is 2.61. The standard InChI is InChI=1S/C20H20FN3O/c1-23(2)16-7-9-19-22-18-11-14(13-4-3-5-15(21)10-13)6-8-17(18)20(25)24(19)12-16/h3-6,8,10-11,16H,7,9,12H2,1-2H3. The fourth-order valence-corrected chi connectivity index (χ4v) is 3.51. The van der Waals surface area contributed by atoms with Crippen molar-refractivity contribution >= 4 is 10.9 Å². The maximum Gasteiger partial charge on any atom is 0.261 e. The number of likely N-dealkylation sites (N-methyl/N-ethyl adjacent to an activating group) is 1. The lowest BCUT2D eigenvalue weighted by Crippen LogP contribution is -2.41. The first-order valence-electron chi connectivity index (χ1n) is 8.49. The Morgan fingerprint density at radius 1 is 1.16 bits per heavy atom. The largest absolute Gasteiger partial charge is 0.305 e. The Kier molecular flexibility index (Phi) is 3.88. The third kappa shape index (κ3) is 2.85. The number of halogens is 1. The molecule has 0 saturated carbocycles. The smallest absolute Gasteiger partial charge is 0.261 e. The summed E-state index contributed by atoms with van der Waals surface area (Å²) < 4.78 is 15.3. The van der Waals surface area contributed by atoms with Crippen LogP contribution in [0.15, 0.2) is 47.3 Å². The average molecular weight is 337 g/mol. The van der Waals surface area contributed by atoms with E-state index in [0.29, 0.717) is 23.5 Å². The molecule has 0 fully saturated rings. The lowest BCUT2D eigenvalue weighted by molar-refractivity contribution is 0.226. The zero-order valence-corrected chi connectivity index (χ0v) is 14.4. The quantitative estimate of drug-likeness (QED) is 0.721. The van der Waals surface area contributed by atoms with Gasteiger partial charge in [-0.2, -0.15) is 0 Å². The van der Waals surface area contributed by atoms with Gasteiger partial charge in [-0.3, -0.25) is 9.36 Å². The number of hydrogen-bond acceptors (Lipinski definition) is 3. The van der Waals surface area contributed by atoms with Gasteiger partial charge in [0.15, 0.2) is 0 Å². The molecule has 0 N–H and O–H groups in total. The minimum atomic E-state index is -0.272. The molecule has 0 radical (unpaired) electrons. The molecule has 1 atom stereocenters. The van der Waals surface area contributed by atoms with Gasteiger partial charge < -0.3 is 4.90 Å². The van der Waals surface area contributed by atoms with Gasteiger partial charge in [-0.05, 0) is 55.9 Å². The van der Waals surface area contributed by atoms with Gasteiger partial charge in [0.25, 0.3) is 5.56 Å². The monoisotopic (exact) mass is 337 g/mol. The molecule has 0 bridgehead atoms. The summed E-state index contributed by atoms with van der Waals surface area (Å²) >= 11 is 0. The number of benzene rings is 2. The third-order valence-corrected chi connectivity index (χ3v) is 5.02. The van der Waals surface area contributed by atoms with Gasteiger partial charge in [-0.1, -0.05) is 18.2 Å². The Hall–Kier alpha value is -2.53. The van der Waals surface area contributed by atoms with Crippen LogP contribution in [-0.2, 0) is 13.0 Å². The second-order valence-electron chi connectivity index (χ2n) is 6.84. The van der Waals surface area contributed by atoms with Crippen molar-refractivity contribution < 1.29 is 4.39 Å².